The van der Waals surface area contributed by atoms with E-state index in [0.29, 0.717) is 13.0 Å². The van der Waals surface area contributed by atoms with E-state index in [1.807, 2.05) is 0 Å². The van der Waals surface area contributed by atoms with Gasteiger partial charge in [-0.05, 0) is 19.8 Å². The number of carbonyl (C=O) groups is 2. The van der Waals surface area contributed by atoms with Gasteiger partial charge < -0.3 is 35.8 Å². The Morgan fingerprint density at radius 1 is 0.739 bits per heavy atom. The van der Waals surface area contributed by atoms with Gasteiger partial charge in [0.05, 0.1) is 19.3 Å². The summed E-state index contributed by atoms with van der Waals surface area (Å²) in [5.41, 5.74) is 5.76. The van der Waals surface area contributed by atoms with Crippen molar-refractivity contribution in [1.29, 1.82) is 0 Å². The zero-order valence-corrected chi connectivity index (χ0v) is 29.6. The van der Waals surface area contributed by atoms with Crippen molar-refractivity contribution in [2.45, 2.75) is 199 Å². The minimum Gasteiger partial charge on any atom is -0.449 e. The molecule has 6 atom stereocenters. The summed E-state index contributed by atoms with van der Waals surface area (Å²) in [5.74, 6) is -0.545. The summed E-state index contributed by atoms with van der Waals surface area (Å²) in [6, 6.07) is -2.01. The summed E-state index contributed by atoms with van der Waals surface area (Å²) < 4.78 is 11.7. The van der Waals surface area contributed by atoms with E-state index >= 15 is 0 Å². The Morgan fingerprint density at radius 2 is 1.17 bits per heavy atom. The highest BCUT2D eigenvalue weighted by atomic mass is 16.6. The first kappa shape index (κ1) is 42.6. The van der Waals surface area contributed by atoms with E-state index in [2.05, 4.69) is 19.2 Å². The number of carbonyl (C=O) groups excluding carboxylic acids is 2. The number of hydrogen-bond acceptors (Lipinski definition) is 8. The lowest BCUT2D eigenvalue weighted by molar-refractivity contribution is -0.226. The molecule has 1 heterocycles. The van der Waals surface area contributed by atoms with Crippen molar-refractivity contribution >= 4 is 12.0 Å². The number of aliphatic hydroxyl groups excluding tert-OH is 3. The Bertz CT molecular complexity index is 757. The van der Waals surface area contributed by atoms with Crippen molar-refractivity contribution in [3.8, 4) is 0 Å². The fourth-order valence-corrected chi connectivity index (χ4v) is 6.09. The van der Waals surface area contributed by atoms with Gasteiger partial charge in [0.15, 0.2) is 6.23 Å². The lowest BCUT2D eigenvalue weighted by atomic mass is 9.95. The quantitative estimate of drug-likeness (QED) is 0.0613. The van der Waals surface area contributed by atoms with Crippen LogP contribution >= 0.6 is 0 Å². The maximum Gasteiger partial charge on any atom is 0.411 e. The van der Waals surface area contributed by atoms with Crippen LogP contribution < -0.4 is 11.1 Å². The first-order chi connectivity index (χ1) is 22.3. The zero-order valence-electron chi connectivity index (χ0n) is 29.6. The number of hydrogen-bond donors (Lipinski definition) is 5. The van der Waals surface area contributed by atoms with E-state index in [-0.39, 0.29) is 6.61 Å². The molecule has 0 saturated carbocycles. The van der Waals surface area contributed by atoms with Crippen LogP contribution in [0.15, 0.2) is 0 Å². The second-order valence-electron chi connectivity index (χ2n) is 13.4. The van der Waals surface area contributed by atoms with Gasteiger partial charge in [0.2, 0.25) is 5.91 Å². The second kappa shape index (κ2) is 27.5. The Morgan fingerprint density at radius 3 is 1.61 bits per heavy atom. The average molecular weight is 658 g/mol. The van der Waals surface area contributed by atoms with Crippen LogP contribution in [0.2, 0.25) is 0 Å². The molecule has 272 valence electrons. The molecule has 46 heavy (non-hydrogen) atoms. The number of nitrogens with zero attached hydrogens (tertiary/aromatic N) is 1. The van der Waals surface area contributed by atoms with E-state index < -0.39 is 55.2 Å². The first-order valence-electron chi connectivity index (χ1n) is 18.9. The normalized spacial score (nSPS) is 22.0. The van der Waals surface area contributed by atoms with Crippen LogP contribution in [0.1, 0.15) is 162 Å². The summed E-state index contributed by atoms with van der Waals surface area (Å²) in [5, 5.41) is 34.0. The molecule has 0 aromatic heterocycles. The minimum atomic E-state index is -1.47. The standard InChI is InChI=1S/C36H71N3O7/c1-4-6-8-10-12-14-16-17-19-21-23-25-27-45-36(44)39(26-24-22-20-18-15-13-11-9-7-5-2)35-31(38-34(43)29(3)37)33(42)32(41)30(28-40)46-35/h29-33,35,40-42H,4-28,37H2,1-3H3,(H,38,43)/t29-,30+,31+,32+,33+,35+/m0/s1. The number of nitrogens with one attached hydrogen (secondary N) is 1. The molecule has 0 aromatic carbocycles. The Kier molecular flexibility index (Phi) is 25.4. The summed E-state index contributed by atoms with van der Waals surface area (Å²) >= 11 is 0. The Balaban J connectivity index is 2.67. The van der Waals surface area contributed by atoms with Crippen LogP contribution in [0, 0.1) is 0 Å². The summed E-state index contributed by atoms with van der Waals surface area (Å²) in [6.07, 6.45) is 20.1. The number of ether oxygens (including phenoxy) is 2. The van der Waals surface area contributed by atoms with Crippen molar-refractivity contribution in [1.82, 2.24) is 10.2 Å². The number of rotatable bonds is 28. The molecule has 6 N–H and O–H groups in total. The second-order valence-corrected chi connectivity index (χ2v) is 13.4. The molecule has 0 spiro atoms. The molecule has 0 unspecified atom stereocenters. The SMILES string of the molecule is CCCCCCCCCCCCCCOC(=O)N(CCCCCCCCCCCC)[C@@H]1O[C@H](CO)[C@@H](O)[C@H](O)[C@H]1NC(=O)[C@H](C)N. The number of nitrogens with two attached hydrogens (primary N) is 1. The largest absolute Gasteiger partial charge is 0.449 e. The van der Waals surface area contributed by atoms with Crippen molar-refractivity contribution in [2.24, 2.45) is 5.73 Å². The van der Waals surface area contributed by atoms with Gasteiger partial charge >= 0.3 is 6.09 Å². The van der Waals surface area contributed by atoms with E-state index in [0.717, 1.165) is 38.5 Å². The van der Waals surface area contributed by atoms with Crippen molar-refractivity contribution in [2.75, 3.05) is 19.8 Å². The monoisotopic (exact) mass is 658 g/mol. The highest BCUT2D eigenvalue weighted by molar-refractivity contribution is 5.81. The van der Waals surface area contributed by atoms with Crippen LogP contribution in [-0.2, 0) is 14.3 Å². The minimum absolute atomic E-state index is 0.267. The van der Waals surface area contributed by atoms with Gasteiger partial charge in [-0.1, -0.05) is 142 Å². The molecule has 10 heteroatoms. The van der Waals surface area contributed by atoms with Crippen molar-refractivity contribution in [3.63, 3.8) is 0 Å². The maximum atomic E-state index is 13.5. The third-order valence-corrected chi connectivity index (χ3v) is 9.14. The fourth-order valence-electron chi connectivity index (χ4n) is 6.09. The molecule has 1 fully saturated rings. The molecule has 1 aliphatic rings. The predicted octanol–water partition coefficient (Wildman–Crippen LogP) is 6.32. The van der Waals surface area contributed by atoms with E-state index in [9.17, 15) is 24.9 Å². The third-order valence-electron chi connectivity index (χ3n) is 9.14. The van der Waals surface area contributed by atoms with Gasteiger partial charge in [0, 0.05) is 6.54 Å². The van der Waals surface area contributed by atoms with Crippen LogP contribution in [-0.4, -0.2) is 88.6 Å². The first-order valence-corrected chi connectivity index (χ1v) is 18.9. The molecule has 0 radical (unpaired) electrons. The van der Waals surface area contributed by atoms with Crippen LogP contribution in [0.3, 0.4) is 0 Å². The molecule has 0 aromatic rings. The van der Waals surface area contributed by atoms with E-state index in [1.54, 1.807) is 0 Å². The molecule has 1 saturated heterocycles. The van der Waals surface area contributed by atoms with Crippen molar-refractivity contribution in [3.05, 3.63) is 0 Å². The lowest BCUT2D eigenvalue weighted by Crippen LogP contribution is -2.69. The number of unbranched alkanes of at least 4 members (excludes halogenated alkanes) is 20. The van der Waals surface area contributed by atoms with Gasteiger partial charge in [-0.15, -0.1) is 0 Å². The Labute approximate surface area is 280 Å². The average Bonchev–Trinajstić information content (AvgIpc) is 3.04. The van der Waals surface area contributed by atoms with E-state index in [4.69, 9.17) is 15.2 Å². The van der Waals surface area contributed by atoms with Gasteiger partial charge in [-0.3, -0.25) is 9.69 Å². The highest BCUT2D eigenvalue weighted by Gasteiger charge is 2.48. The molecular weight excluding hydrogens is 586 g/mol. The summed E-state index contributed by atoms with van der Waals surface area (Å²) in [6.45, 7) is 5.99. The fraction of sp³-hybridized carbons (Fsp3) is 0.944. The van der Waals surface area contributed by atoms with Crippen LogP contribution in [0.5, 0.6) is 0 Å². The molecule has 2 amide bonds. The maximum absolute atomic E-state index is 13.5. The smallest absolute Gasteiger partial charge is 0.411 e. The van der Waals surface area contributed by atoms with Gasteiger partial charge in [-0.2, -0.15) is 0 Å². The van der Waals surface area contributed by atoms with E-state index in [1.165, 1.54) is 108 Å². The third kappa shape index (κ3) is 18.2. The number of aliphatic hydroxyl groups is 3. The van der Waals surface area contributed by atoms with Crippen LogP contribution in [0.25, 0.3) is 0 Å². The summed E-state index contributed by atoms with van der Waals surface area (Å²) in [4.78, 5) is 27.4. The predicted molar refractivity (Wildman–Crippen MR) is 184 cm³/mol. The molecule has 0 aliphatic carbocycles. The van der Waals surface area contributed by atoms with Gasteiger partial charge in [0.1, 0.15) is 24.4 Å². The molecule has 1 aliphatic heterocycles. The lowest BCUT2D eigenvalue weighted by Gasteiger charge is -2.46. The topological polar surface area (TPSA) is 155 Å². The highest BCUT2D eigenvalue weighted by Crippen LogP contribution is 2.25. The zero-order chi connectivity index (χ0) is 34.0. The molecule has 10 nitrogen and oxygen atoms in total. The van der Waals surface area contributed by atoms with Gasteiger partial charge in [0.25, 0.3) is 0 Å². The Hall–Kier alpha value is -1.46. The van der Waals surface area contributed by atoms with Gasteiger partial charge in [-0.25, -0.2) is 4.79 Å². The number of amides is 2. The van der Waals surface area contributed by atoms with Crippen LogP contribution in [0.4, 0.5) is 4.79 Å². The molecule has 1 rings (SSSR count). The van der Waals surface area contributed by atoms with Crippen molar-refractivity contribution < 1.29 is 34.4 Å². The summed E-state index contributed by atoms with van der Waals surface area (Å²) in [7, 11) is 0. The molecular formula is C36H71N3O7. The molecule has 0 bridgehead atoms.